The molecule has 5 nitrogen and oxygen atoms in total. The highest BCUT2D eigenvalue weighted by Gasteiger charge is 2.24. The summed E-state index contributed by atoms with van der Waals surface area (Å²) in [5.74, 6) is 0.867. The Hall–Kier alpha value is -1.88. The summed E-state index contributed by atoms with van der Waals surface area (Å²) in [6.07, 6.45) is 3.60. The second-order valence-corrected chi connectivity index (χ2v) is 5.85. The van der Waals surface area contributed by atoms with Crippen molar-refractivity contribution in [2.24, 2.45) is 0 Å². The van der Waals surface area contributed by atoms with Crippen molar-refractivity contribution in [3.8, 4) is 0 Å². The first kappa shape index (κ1) is 15.0. The number of aromatic nitrogens is 2. The van der Waals surface area contributed by atoms with Gasteiger partial charge in [-0.2, -0.15) is 0 Å². The largest absolute Gasteiger partial charge is 0.376 e. The van der Waals surface area contributed by atoms with E-state index in [0.29, 0.717) is 13.0 Å². The Morgan fingerprint density at radius 2 is 2.32 bits per heavy atom. The number of imidazole rings is 1. The van der Waals surface area contributed by atoms with E-state index in [0.717, 1.165) is 49.3 Å². The third-order valence-corrected chi connectivity index (χ3v) is 4.05. The second kappa shape index (κ2) is 6.92. The number of para-hydroxylation sites is 2. The van der Waals surface area contributed by atoms with Crippen molar-refractivity contribution in [1.29, 1.82) is 0 Å². The summed E-state index contributed by atoms with van der Waals surface area (Å²) < 4.78 is 5.79. The first-order chi connectivity index (χ1) is 10.8. The smallest absolute Gasteiger partial charge is 0.230 e. The number of benzene rings is 1. The van der Waals surface area contributed by atoms with Gasteiger partial charge in [-0.25, -0.2) is 4.98 Å². The van der Waals surface area contributed by atoms with Crippen LogP contribution in [0.5, 0.6) is 0 Å². The predicted molar refractivity (Wildman–Crippen MR) is 85.6 cm³/mol. The number of carbonyl (C=O) groups excluding carboxylic acids is 1. The number of rotatable bonds is 5. The minimum absolute atomic E-state index is 0.129. The van der Waals surface area contributed by atoms with Crippen LogP contribution < -0.4 is 0 Å². The molecule has 1 saturated heterocycles. The van der Waals surface area contributed by atoms with Gasteiger partial charge in [-0.3, -0.25) is 4.79 Å². The Morgan fingerprint density at radius 1 is 1.45 bits per heavy atom. The maximum Gasteiger partial charge on any atom is 0.230 e. The van der Waals surface area contributed by atoms with Gasteiger partial charge >= 0.3 is 0 Å². The van der Waals surface area contributed by atoms with E-state index >= 15 is 0 Å². The average Bonchev–Trinajstić information content (AvgIpc) is 2.95. The van der Waals surface area contributed by atoms with Crippen molar-refractivity contribution in [3.63, 3.8) is 0 Å². The molecule has 1 aliphatic heterocycles. The number of ether oxygens (including phenoxy) is 1. The fourth-order valence-electron chi connectivity index (χ4n) is 2.93. The van der Waals surface area contributed by atoms with Crippen molar-refractivity contribution in [1.82, 2.24) is 14.9 Å². The topological polar surface area (TPSA) is 58.2 Å². The van der Waals surface area contributed by atoms with Crippen molar-refractivity contribution in [2.75, 3.05) is 19.7 Å². The third kappa shape index (κ3) is 3.47. The quantitative estimate of drug-likeness (QED) is 0.923. The second-order valence-electron chi connectivity index (χ2n) is 5.85. The van der Waals surface area contributed by atoms with Crippen molar-refractivity contribution < 1.29 is 9.53 Å². The molecule has 3 rings (SSSR count). The van der Waals surface area contributed by atoms with Gasteiger partial charge in [0.25, 0.3) is 0 Å². The van der Waals surface area contributed by atoms with E-state index < -0.39 is 0 Å². The number of H-pyrrole nitrogens is 1. The summed E-state index contributed by atoms with van der Waals surface area (Å²) in [6.45, 7) is 4.41. The lowest BCUT2D eigenvalue weighted by molar-refractivity contribution is -0.134. The molecule has 1 amide bonds. The van der Waals surface area contributed by atoms with Gasteiger partial charge in [0.1, 0.15) is 5.82 Å². The zero-order chi connectivity index (χ0) is 15.4. The number of hydrogen-bond acceptors (Lipinski definition) is 3. The molecule has 5 heteroatoms. The Bertz CT molecular complexity index is 605. The standard InChI is InChI=1S/C17H23N3O2/c1-2-10-22-13-6-5-9-20(12-13)17(21)11-16-18-14-7-3-4-8-15(14)19-16/h3-4,7-8,13H,2,5-6,9-12H2,1H3,(H,18,19)/t13-/m1/s1. The Balaban J connectivity index is 1.61. The SMILES string of the molecule is CCCO[C@@H]1CCCN(C(=O)Cc2nc3ccccc3[nH]2)C1. The summed E-state index contributed by atoms with van der Waals surface area (Å²) in [6, 6.07) is 7.85. The van der Waals surface area contributed by atoms with Crippen LogP contribution in [-0.4, -0.2) is 46.6 Å². The van der Waals surface area contributed by atoms with Gasteiger partial charge < -0.3 is 14.6 Å². The highest BCUT2D eigenvalue weighted by atomic mass is 16.5. The lowest BCUT2D eigenvalue weighted by atomic mass is 10.1. The van der Waals surface area contributed by atoms with Gasteiger partial charge in [0, 0.05) is 19.7 Å². The minimum atomic E-state index is 0.129. The molecule has 0 bridgehead atoms. The Labute approximate surface area is 130 Å². The third-order valence-electron chi connectivity index (χ3n) is 4.05. The maximum absolute atomic E-state index is 12.5. The van der Waals surface area contributed by atoms with Crippen molar-refractivity contribution in [2.45, 2.75) is 38.7 Å². The van der Waals surface area contributed by atoms with Crippen LogP contribution in [0.4, 0.5) is 0 Å². The van der Waals surface area contributed by atoms with Crippen LogP contribution in [0.25, 0.3) is 11.0 Å². The fraction of sp³-hybridized carbons (Fsp3) is 0.529. The van der Waals surface area contributed by atoms with Gasteiger partial charge in [-0.05, 0) is 31.4 Å². The van der Waals surface area contributed by atoms with E-state index in [2.05, 4.69) is 16.9 Å². The molecule has 0 radical (unpaired) electrons. The number of fused-ring (bicyclic) bond motifs is 1. The molecule has 1 N–H and O–H groups in total. The molecule has 2 aromatic rings. The first-order valence-corrected chi connectivity index (χ1v) is 8.09. The van der Waals surface area contributed by atoms with Crippen LogP contribution in [-0.2, 0) is 16.0 Å². The monoisotopic (exact) mass is 301 g/mol. The van der Waals surface area contributed by atoms with Gasteiger partial charge in [-0.1, -0.05) is 19.1 Å². The van der Waals surface area contributed by atoms with Crippen LogP contribution in [0.1, 0.15) is 32.0 Å². The van der Waals surface area contributed by atoms with E-state index in [1.807, 2.05) is 29.2 Å². The van der Waals surface area contributed by atoms with Crippen molar-refractivity contribution >= 4 is 16.9 Å². The molecule has 1 atom stereocenters. The highest BCUT2D eigenvalue weighted by Crippen LogP contribution is 2.16. The number of likely N-dealkylation sites (tertiary alicyclic amines) is 1. The molecular formula is C17H23N3O2. The summed E-state index contributed by atoms with van der Waals surface area (Å²) in [7, 11) is 0. The van der Waals surface area contributed by atoms with Gasteiger partial charge in [0.15, 0.2) is 0 Å². The van der Waals surface area contributed by atoms with Crippen LogP contribution in [0.3, 0.4) is 0 Å². The molecule has 2 heterocycles. The number of aromatic amines is 1. The van der Waals surface area contributed by atoms with E-state index in [-0.39, 0.29) is 12.0 Å². The summed E-state index contributed by atoms with van der Waals surface area (Å²) in [5, 5.41) is 0. The molecule has 0 aliphatic carbocycles. The molecular weight excluding hydrogens is 278 g/mol. The summed E-state index contributed by atoms with van der Waals surface area (Å²) in [4.78, 5) is 22.1. The molecule has 1 aliphatic rings. The predicted octanol–water partition coefficient (Wildman–Crippen LogP) is 2.52. The maximum atomic E-state index is 12.5. The lowest BCUT2D eigenvalue weighted by Gasteiger charge is -2.32. The van der Waals surface area contributed by atoms with Crippen LogP contribution in [0.2, 0.25) is 0 Å². The van der Waals surface area contributed by atoms with Crippen LogP contribution in [0, 0.1) is 0 Å². The van der Waals surface area contributed by atoms with Crippen LogP contribution >= 0.6 is 0 Å². The summed E-state index contributed by atoms with van der Waals surface area (Å²) >= 11 is 0. The molecule has 0 unspecified atom stereocenters. The molecule has 1 aromatic carbocycles. The van der Waals surface area contributed by atoms with E-state index in [9.17, 15) is 4.79 Å². The number of amides is 1. The number of hydrogen-bond donors (Lipinski definition) is 1. The normalized spacial score (nSPS) is 18.8. The van der Waals surface area contributed by atoms with E-state index in [1.165, 1.54) is 0 Å². The molecule has 118 valence electrons. The van der Waals surface area contributed by atoms with E-state index in [1.54, 1.807) is 0 Å². The lowest BCUT2D eigenvalue weighted by Crippen LogP contribution is -2.44. The first-order valence-electron chi connectivity index (χ1n) is 8.09. The number of piperidine rings is 1. The minimum Gasteiger partial charge on any atom is -0.376 e. The van der Waals surface area contributed by atoms with Crippen molar-refractivity contribution in [3.05, 3.63) is 30.1 Å². The van der Waals surface area contributed by atoms with Gasteiger partial charge in [-0.15, -0.1) is 0 Å². The summed E-state index contributed by atoms with van der Waals surface area (Å²) in [5.41, 5.74) is 1.89. The number of nitrogens with one attached hydrogen (secondary N) is 1. The highest BCUT2D eigenvalue weighted by molar-refractivity contribution is 5.80. The molecule has 0 saturated carbocycles. The number of nitrogens with zero attached hydrogens (tertiary/aromatic N) is 2. The Kier molecular flexibility index (Phi) is 4.73. The van der Waals surface area contributed by atoms with E-state index in [4.69, 9.17) is 4.74 Å². The number of carbonyl (C=O) groups is 1. The molecule has 1 fully saturated rings. The molecule has 1 aromatic heterocycles. The molecule has 22 heavy (non-hydrogen) atoms. The zero-order valence-electron chi connectivity index (χ0n) is 13.0. The van der Waals surface area contributed by atoms with Crippen LogP contribution in [0.15, 0.2) is 24.3 Å². The Morgan fingerprint density at radius 3 is 3.14 bits per heavy atom. The van der Waals surface area contributed by atoms with Gasteiger partial charge in [0.05, 0.1) is 23.6 Å². The zero-order valence-corrected chi connectivity index (χ0v) is 13.0. The fourth-order valence-corrected chi connectivity index (χ4v) is 2.93. The average molecular weight is 301 g/mol. The van der Waals surface area contributed by atoms with Gasteiger partial charge in [0.2, 0.25) is 5.91 Å². The molecule has 0 spiro atoms.